The van der Waals surface area contributed by atoms with Crippen molar-refractivity contribution in [1.82, 2.24) is 0 Å². The van der Waals surface area contributed by atoms with Gasteiger partial charge in [-0.15, -0.1) is 0 Å². The Kier molecular flexibility index (Phi) is 6.51. The van der Waals surface area contributed by atoms with Gasteiger partial charge in [-0.05, 0) is 62.3 Å². The van der Waals surface area contributed by atoms with E-state index in [9.17, 15) is 17.4 Å². The minimum absolute atomic E-state index is 0.0775. The molecule has 0 radical (unpaired) electrons. The van der Waals surface area contributed by atoms with Gasteiger partial charge < -0.3 is 4.43 Å². The van der Waals surface area contributed by atoms with E-state index in [4.69, 9.17) is 4.43 Å². The van der Waals surface area contributed by atoms with Crippen molar-refractivity contribution in [1.29, 1.82) is 0 Å². The molecule has 0 aromatic heterocycles. The van der Waals surface area contributed by atoms with Gasteiger partial charge >= 0.3 is 6.18 Å². The van der Waals surface area contributed by atoms with Crippen molar-refractivity contribution < 1.29 is 21.8 Å². The largest absolute Gasteiger partial charge is 0.417 e. The monoisotopic (exact) mass is 464 g/mol. The molecule has 3 aromatic rings. The minimum atomic E-state index is -4.63. The Labute approximate surface area is 185 Å². The van der Waals surface area contributed by atoms with Crippen LogP contribution >= 0.6 is 0 Å². The first kappa shape index (κ1) is 23.7. The Morgan fingerprint density at radius 1 is 0.903 bits per heavy atom. The summed E-state index contributed by atoms with van der Waals surface area (Å²) in [4.78, 5) is 0.728. The molecule has 2 nitrogen and oxygen atoms in total. The van der Waals surface area contributed by atoms with Crippen LogP contribution in [0.5, 0.6) is 0 Å². The van der Waals surface area contributed by atoms with Crippen molar-refractivity contribution in [3.8, 4) is 0 Å². The lowest BCUT2D eigenvalue weighted by molar-refractivity contribution is -0.201. The first-order valence-electron chi connectivity index (χ1n) is 10.1. The molecule has 1 unspecified atom stereocenters. The maximum Gasteiger partial charge on any atom is 0.417 e. The molecule has 0 saturated carbocycles. The molecule has 0 aliphatic carbocycles. The molecule has 0 bridgehead atoms. The molecule has 31 heavy (non-hydrogen) atoms. The summed E-state index contributed by atoms with van der Waals surface area (Å²) in [5, 5.41) is 1.29. The summed E-state index contributed by atoms with van der Waals surface area (Å²) in [6.07, 6.45) is -6.76. The van der Waals surface area contributed by atoms with Crippen LogP contribution in [0, 0.1) is 20.8 Å². The molecule has 7 heteroatoms. The van der Waals surface area contributed by atoms with E-state index in [1.807, 2.05) is 45.0 Å². The predicted octanol–water partition coefficient (Wildman–Crippen LogP) is 7.39. The highest BCUT2D eigenvalue weighted by Gasteiger charge is 2.46. The van der Waals surface area contributed by atoms with Crippen LogP contribution in [0.25, 0.3) is 10.8 Å². The summed E-state index contributed by atoms with van der Waals surface area (Å²) in [5.41, 5.74) is 2.53. The van der Waals surface area contributed by atoms with Gasteiger partial charge in [0.2, 0.25) is 0 Å². The summed E-state index contributed by atoms with van der Waals surface area (Å²) in [6, 6.07) is 14.0. The molecule has 166 valence electrons. The Morgan fingerprint density at radius 3 is 2.03 bits per heavy atom. The van der Waals surface area contributed by atoms with E-state index < -0.39 is 31.4 Å². The molecule has 0 amide bonds. The first-order valence-corrected chi connectivity index (χ1v) is 14.6. The summed E-state index contributed by atoms with van der Waals surface area (Å²) in [7, 11) is -4.38. The van der Waals surface area contributed by atoms with Crippen molar-refractivity contribution in [2.24, 2.45) is 0 Å². The fourth-order valence-corrected chi connectivity index (χ4v) is 6.54. The number of benzene rings is 3. The molecule has 0 heterocycles. The SMILES string of the molecule is Cc1cc(C)c(S(=O)c2c([C@H](O[Si](C)(C)C)C(F)(F)F)ccc3ccccc23)c(C)c1. The second kappa shape index (κ2) is 8.52. The van der Waals surface area contributed by atoms with Crippen LogP contribution in [0.3, 0.4) is 0 Å². The second-order valence-corrected chi connectivity index (χ2v) is 14.7. The van der Waals surface area contributed by atoms with E-state index in [1.54, 1.807) is 37.8 Å². The highest BCUT2D eigenvalue weighted by molar-refractivity contribution is 7.85. The number of alkyl halides is 3. The summed E-state index contributed by atoms with van der Waals surface area (Å²) >= 11 is 0. The van der Waals surface area contributed by atoms with Gasteiger partial charge in [-0.1, -0.05) is 54.1 Å². The average Bonchev–Trinajstić information content (AvgIpc) is 2.62. The number of aryl methyl sites for hydroxylation is 3. The quantitative estimate of drug-likeness (QED) is 0.368. The Bertz CT molecular complexity index is 1130. The van der Waals surface area contributed by atoms with Crippen LogP contribution in [0.1, 0.15) is 28.4 Å². The maximum absolute atomic E-state index is 14.2. The van der Waals surface area contributed by atoms with Crippen molar-refractivity contribution in [3.63, 3.8) is 0 Å². The van der Waals surface area contributed by atoms with Gasteiger partial charge in [0.05, 0.1) is 15.7 Å². The van der Waals surface area contributed by atoms with Crippen molar-refractivity contribution >= 4 is 29.9 Å². The smallest absolute Gasteiger partial charge is 0.403 e. The van der Waals surface area contributed by atoms with Crippen LogP contribution in [0.2, 0.25) is 19.6 Å². The average molecular weight is 465 g/mol. The Morgan fingerprint density at radius 2 is 1.48 bits per heavy atom. The van der Waals surface area contributed by atoms with Crippen molar-refractivity contribution in [2.75, 3.05) is 0 Å². The lowest BCUT2D eigenvalue weighted by Gasteiger charge is -2.30. The van der Waals surface area contributed by atoms with E-state index in [2.05, 4.69) is 0 Å². The number of halogens is 3. The molecule has 0 aliphatic heterocycles. The van der Waals surface area contributed by atoms with Gasteiger partial charge in [-0.3, -0.25) is 0 Å². The van der Waals surface area contributed by atoms with E-state index >= 15 is 0 Å². The molecule has 0 aliphatic rings. The van der Waals surface area contributed by atoms with Crippen molar-refractivity contribution in [3.05, 3.63) is 70.8 Å². The first-order chi connectivity index (χ1) is 14.3. The van der Waals surface area contributed by atoms with Crippen LogP contribution in [-0.2, 0) is 15.2 Å². The second-order valence-electron chi connectivity index (χ2n) is 8.85. The summed E-state index contributed by atoms with van der Waals surface area (Å²) in [6.45, 7) is 10.8. The lowest BCUT2D eigenvalue weighted by Crippen LogP contribution is -2.35. The van der Waals surface area contributed by atoms with Crippen LogP contribution in [0.15, 0.2) is 58.3 Å². The molecule has 0 spiro atoms. The number of hydrogen-bond donors (Lipinski definition) is 0. The molecular weight excluding hydrogens is 437 g/mol. The van der Waals surface area contributed by atoms with E-state index in [0.29, 0.717) is 10.3 Å². The minimum Gasteiger partial charge on any atom is -0.403 e. The zero-order chi connectivity index (χ0) is 23.1. The standard InChI is InChI=1S/C24H27F3O2SSi/c1-15-13-16(2)21(17(3)14-15)30(28)22-19-10-8-7-9-18(19)11-12-20(22)23(24(25,26)27)29-31(4,5)6/h7-14,23H,1-6H3/t23-,30?/m0/s1. The van der Waals surface area contributed by atoms with Gasteiger partial charge in [0.25, 0.3) is 0 Å². The van der Waals surface area contributed by atoms with Crippen LogP contribution in [0.4, 0.5) is 13.2 Å². The van der Waals surface area contributed by atoms with Crippen LogP contribution < -0.4 is 0 Å². The molecule has 3 rings (SSSR count). The van der Waals surface area contributed by atoms with Gasteiger partial charge in [0.1, 0.15) is 0 Å². The van der Waals surface area contributed by atoms with E-state index in [0.717, 1.165) is 22.1 Å². The Balaban J connectivity index is 2.35. The van der Waals surface area contributed by atoms with E-state index in [-0.39, 0.29) is 10.5 Å². The van der Waals surface area contributed by atoms with Gasteiger partial charge in [0.15, 0.2) is 14.4 Å². The highest BCUT2D eigenvalue weighted by Crippen LogP contribution is 2.43. The van der Waals surface area contributed by atoms with E-state index in [1.165, 1.54) is 6.07 Å². The molecule has 2 atom stereocenters. The van der Waals surface area contributed by atoms with Gasteiger partial charge in [0, 0.05) is 10.5 Å². The third kappa shape index (κ3) is 5.10. The molecule has 0 N–H and O–H groups in total. The molecular formula is C24H27F3O2SSi. The summed E-state index contributed by atoms with van der Waals surface area (Å²) < 4.78 is 62.1. The van der Waals surface area contributed by atoms with Crippen molar-refractivity contribution in [2.45, 2.75) is 62.5 Å². The Hall–Kier alpha value is -1.96. The van der Waals surface area contributed by atoms with Crippen LogP contribution in [-0.4, -0.2) is 18.7 Å². The van der Waals surface area contributed by atoms with Gasteiger partial charge in [-0.25, -0.2) is 4.21 Å². The molecule has 0 fully saturated rings. The fourth-order valence-electron chi connectivity index (χ4n) is 3.89. The third-order valence-corrected chi connectivity index (χ3v) is 7.72. The highest BCUT2D eigenvalue weighted by atomic mass is 32.2. The maximum atomic E-state index is 14.2. The normalized spacial score (nSPS) is 14.6. The number of fused-ring (bicyclic) bond motifs is 1. The summed E-state index contributed by atoms with van der Waals surface area (Å²) in [5.74, 6) is 0. The zero-order valence-corrected chi connectivity index (χ0v) is 20.4. The third-order valence-electron chi connectivity index (χ3n) is 4.94. The molecule has 3 aromatic carbocycles. The number of rotatable bonds is 5. The number of hydrogen-bond acceptors (Lipinski definition) is 2. The molecule has 0 saturated heterocycles. The zero-order valence-electron chi connectivity index (χ0n) is 18.6. The predicted molar refractivity (Wildman–Crippen MR) is 123 cm³/mol. The van der Waals surface area contributed by atoms with Gasteiger partial charge in [-0.2, -0.15) is 13.2 Å². The fraction of sp³-hybridized carbons (Fsp3) is 0.333. The topological polar surface area (TPSA) is 26.3 Å². The lowest BCUT2D eigenvalue weighted by atomic mass is 10.0.